The van der Waals surface area contributed by atoms with Crippen LogP contribution in [0.25, 0.3) is 0 Å². The molecule has 1 rings (SSSR count). The summed E-state index contributed by atoms with van der Waals surface area (Å²) in [6.45, 7) is 4.59. The Balaban J connectivity index is 2.50. The Labute approximate surface area is 121 Å². The summed E-state index contributed by atoms with van der Waals surface area (Å²) in [6.07, 6.45) is 2.92. The maximum Gasteiger partial charge on any atom is 0.220 e. The van der Waals surface area contributed by atoms with Gasteiger partial charge in [-0.1, -0.05) is 26.0 Å². The van der Waals surface area contributed by atoms with Crippen LogP contribution in [0.15, 0.2) is 24.3 Å². The normalized spacial score (nSPS) is 11.2. The molecule has 0 aliphatic heterocycles. The Bertz CT molecular complexity index is 403. The number of ether oxygens (including phenoxy) is 1. The molecular formula is C16H26N2O2. The highest BCUT2D eigenvalue weighted by Gasteiger charge is 2.25. The second kappa shape index (κ2) is 7.90. The Morgan fingerprint density at radius 2 is 1.85 bits per heavy atom. The minimum absolute atomic E-state index is 0.0648. The van der Waals surface area contributed by atoms with E-state index < -0.39 is 0 Å². The third kappa shape index (κ3) is 4.53. The van der Waals surface area contributed by atoms with E-state index in [0.29, 0.717) is 13.0 Å². The number of nitrogens with one attached hydrogen (secondary N) is 1. The maximum atomic E-state index is 12.0. The highest BCUT2D eigenvalue weighted by molar-refractivity contribution is 5.77. The molecular weight excluding hydrogens is 252 g/mol. The zero-order valence-corrected chi connectivity index (χ0v) is 12.7. The fraction of sp³-hybridized carbons (Fsp3) is 0.562. The van der Waals surface area contributed by atoms with Gasteiger partial charge in [-0.2, -0.15) is 0 Å². The summed E-state index contributed by atoms with van der Waals surface area (Å²) in [6, 6.07) is 7.80. The van der Waals surface area contributed by atoms with E-state index in [2.05, 4.69) is 19.2 Å². The first kappa shape index (κ1) is 16.5. The molecule has 112 valence electrons. The van der Waals surface area contributed by atoms with E-state index in [1.165, 1.54) is 0 Å². The van der Waals surface area contributed by atoms with Gasteiger partial charge in [0.05, 0.1) is 12.6 Å². The topological polar surface area (TPSA) is 64.3 Å². The number of carbonyl (C=O) groups is 1. The molecule has 20 heavy (non-hydrogen) atoms. The van der Waals surface area contributed by atoms with Gasteiger partial charge in [-0.25, -0.2) is 0 Å². The van der Waals surface area contributed by atoms with Crippen molar-refractivity contribution in [1.82, 2.24) is 5.32 Å². The highest BCUT2D eigenvalue weighted by atomic mass is 16.5. The first-order valence-corrected chi connectivity index (χ1v) is 7.23. The molecule has 0 saturated carbocycles. The predicted molar refractivity (Wildman–Crippen MR) is 81.8 cm³/mol. The zero-order valence-electron chi connectivity index (χ0n) is 12.7. The standard InChI is InChI=1S/C16H26N2O2/c1-4-16(5-2,12-17)18-15(19)11-8-13-6-9-14(20-3)10-7-13/h6-7,9-10H,4-5,8,11-12,17H2,1-3H3,(H,18,19). The van der Waals surface area contributed by atoms with Crippen molar-refractivity contribution in [2.24, 2.45) is 5.73 Å². The summed E-state index contributed by atoms with van der Waals surface area (Å²) in [5.41, 5.74) is 6.67. The molecule has 0 saturated heterocycles. The maximum absolute atomic E-state index is 12.0. The quantitative estimate of drug-likeness (QED) is 0.766. The number of aryl methyl sites for hydroxylation is 1. The minimum Gasteiger partial charge on any atom is -0.497 e. The van der Waals surface area contributed by atoms with E-state index in [-0.39, 0.29) is 11.4 Å². The fourth-order valence-corrected chi connectivity index (χ4v) is 2.17. The summed E-state index contributed by atoms with van der Waals surface area (Å²) in [4.78, 5) is 12.0. The molecule has 4 heteroatoms. The number of rotatable bonds is 8. The molecule has 0 aliphatic rings. The number of benzene rings is 1. The van der Waals surface area contributed by atoms with Crippen molar-refractivity contribution in [2.45, 2.75) is 45.1 Å². The summed E-state index contributed by atoms with van der Waals surface area (Å²) < 4.78 is 5.11. The van der Waals surface area contributed by atoms with Crippen LogP contribution in [0.1, 0.15) is 38.7 Å². The third-order valence-corrected chi connectivity index (χ3v) is 3.95. The van der Waals surface area contributed by atoms with Crippen molar-refractivity contribution in [2.75, 3.05) is 13.7 Å². The van der Waals surface area contributed by atoms with Gasteiger partial charge in [-0.05, 0) is 37.0 Å². The number of hydrogen-bond donors (Lipinski definition) is 2. The monoisotopic (exact) mass is 278 g/mol. The smallest absolute Gasteiger partial charge is 0.220 e. The molecule has 4 nitrogen and oxygen atoms in total. The van der Waals surface area contributed by atoms with Crippen LogP contribution < -0.4 is 15.8 Å². The molecule has 0 atom stereocenters. The molecule has 0 aromatic heterocycles. The van der Waals surface area contributed by atoms with E-state index in [0.717, 1.165) is 30.6 Å². The predicted octanol–water partition coefficient (Wildman–Crippen LogP) is 2.26. The number of methoxy groups -OCH3 is 1. The lowest BCUT2D eigenvalue weighted by molar-refractivity contribution is -0.123. The van der Waals surface area contributed by atoms with Gasteiger partial charge in [-0.3, -0.25) is 4.79 Å². The van der Waals surface area contributed by atoms with Gasteiger partial charge in [0.2, 0.25) is 5.91 Å². The summed E-state index contributed by atoms with van der Waals surface area (Å²) >= 11 is 0. The van der Waals surface area contributed by atoms with Crippen LogP contribution >= 0.6 is 0 Å². The van der Waals surface area contributed by atoms with Gasteiger partial charge in [0.15, 0.2) is 0 Å². The second-order valence-electron chi connectivity index (χ2n) is 5.09. The SMILES string of the molecule is CCC(CC)(CN)NC(=O)CCc1ccc(OC)cc1. The molecule has 0 radical (unpaired) electrons. The zero-order chi connectivity index (χ0) is 15.0. The molecule has 0 spiro atoms. The van der Waals surface area contributed by atoms with Crippen molar-refractivity contribution >= 4 is 5.91 Å². The van der Waals surface area contributed by atoms with Crippen molar-refractivity contribution in [3.8, 4) is 5.75 Å². The van der Waals surface area contributed by atoms with E-state index in [1.54, 1.807) is 7.11 Å². The van der Waals surface area contributed by atoms with Gasteiger partial charge in [-0.15, -0.1) is 0 Å². The molecule has 1 aromatic rings. The van der Waals surface area contributed by atoms with E-state index in [4.69, 9.17) is 10.5 Å². The number of carbonyl (C=O) groups excluding carboxylic acids is 1. The first-order chi connectivity index (χ1) is 9.59. The summed E-state index contributed by atoms with van der Waals surface area (Å²) in [5, 5.41) is 3.08. The van der Waals surface area contributed by atoms with Crippen LogP contribution in [0.3, 0.4) is 0 Å². The van der Waals surface area contributed by atoms with Crippen molar-refractivity contribution < 1.29 is 9.53 Å². The van der Waals surface area contributed by atoms with E-state index in [1.807, 2.05) is 24.3 Å². The van der Waals surface area contributed by atoms with Crippen molar-refractivity contribution in [1.29, 1.82) is 0 Å². The van der Waals surface area contributed by atoms with Crippen LogP contribution in [0, 0.1) is 0 Å². The number of hydrogen-bond acceptors (Lipinski definition) is 3. The Morgan fingerprint density at radius 1 is 1.25 bits per heavy atom. The summed E-state index contributed by atoms with van der Waals surface area (Å²) in [7, 11) is 1.64. The van der Waals surface area contributed by atoms with Gasteiger partial charge in [0.1, 0.15) is 5.75 Å². The molecule has 1 amide bonds. The minimum atomic E-state index is -0.253. The van der Waals surface area contributed by atoms with Gasteiger partial charge in [0.25, 0.3) is 0 Å². The lowest BCUT2D eigenvalue weighted by atomic mass is 9.92. The van der Waals surface area contributed by atoms with Gasteiger partial charge < -0.3 is 15.8 Å². The molecule has 1 aromatic carbocycles. The van der Waals surface area contributed by atoms with E-state index >= 15 is 0 Å². The number of nitrogens with two attached hydrogens (primary N) is 1. The Kier molecular flexibility index (Phi) is 6.52. The van der Waals surface area contributed by atoms with Gasteiger partial charge in [0, 0.05) is 13.0 Å². The van der Waals surface area contributed by atoms with E-state index in [9.17, 15) is 4.79 Å². The van der Waals surface area contributed by atoms with Crippen molar-refractivity contribution in [3.63, 3.8) is 0 Å². The van der Waals surface area contributed by atoms with Crippen LogP contribution in [0.2, 0.25) is 0 Å². The van der Waals surface area contributed by atoms with Crippen LogP contribution in [0.5, 0.6) is 5.75 Å². The molecule has 0 fully saturated rings. The lowest BCUT2D eigenvalue weighted by Gasteiger charge is -2.31. The average molecular weight is 278 g/mol. The molecule has 0 bridgehead atoms. The molecule has 0 unspecified atom stereocenters. The fourth-order valence-electron chi connectivity index (χ4n) is 2.17. The molecule has 0 heterocycles. The summed E-state index contributed by atoms with van der Waals surface area (Å²) in [5.74, 6) is 0.896. The lowest BCUT2D eigenvalue weighted by Crippen LogP contribution is -2.52. The van der Waals surface area contributed by atoms with Crippen LogP contribution in [0.4, 0.5) is 0 Å². The average Bonchev–Trinajstić information content (AvgIpc) is 2.51. The number of amides is 1. The Morgan fingerprint density at radius 3 is 2.30 bits per heavy atom. The third-order valence-electron chi connectivity index (χ3n) is 3.95. The highest BCUT2D eigenvalue weighted by Crippen LogP contribution is 2.15. The largest absolute Gasteiger partial charge is 0.497 e. The molecule has 0 aliphatic carbocycles. The Hall–Kier alpha value is -1.55. The molecule has 3 N–H and O–H groups in total. The van der Waals surface area contributed by atoms with Crippen molar-refractivity contribution in [3.05, 3.63) is 29.8 Å². The van der Waals surface area contributed by atoms with Gasteiger partial charge >= 0.3 is 0 Å². The second-order valence-corrected chi connectivity index (χ2v) is 5.09. The first-order valence-electron chi connectivity index (χ1n) is 7.23. The van der Waals surface area contributed by atoms with Crippen LogP contribution in [-0.2, 0) is 11.2 Å². The van der Waals surface area contributed by atoms with Crippen LogP contribution in [-0.4, -0.2) is 25.1 Å².